The number of methoxy groups -OCH3 is 1. The van der Waals surface area contributed by atoms with Crippen LogP contribution in [0, 0.1) is 0 Å². The molecule has 0 bridgehead atoms. The van der Waals surface area contributed by atoms with Crippen molar-refractivity contribution in [3.63, 3.8) is 0 Å². The highest BCUT2D eigenvalue weighted by atomic mass is 16.5. The average molecular weight is 251 g/mol. The molecule has 1 aromatic carbocycles. The number of carbonyl (C=O) groups excluding carboxylic acids is 1. The van der Waals surface area contributed by atoms with E-state index >= 15 is 0 Å². The van der Waals surface area contributed by atoms with Gasteiger partial charge < -0.3 is 19.9 Å². The number of amides is 1. The Morgan fingerprint density at radius 2 is 2.17 bits per heavy atom. The maximum absolute atomic E-state index is 11.1. The van der Waals surface area contributed by atoms with Crippen LogP contribution in [0.5, 0.6) is 5.75 Å². The van der Waals surface area contributed by atoms with Crippen molar-refractivity contribution >= 4 is 6.09 Å². The van der Waals surface area contributed by atoms with Gasteiger partial charge in [-0.05, 0) is 17.7 Å². The first-order valence-corrected chi connectivity index (χ1v) is 5.51. The molecule has 0 aliphatic carbocycles. The number of aliphatic hydroxyl groups is 1. The molecule has 1 aromatic rings. The van der Waals surface area contributed by atoms with Crippen molar-refractivity contribution < 1.29 is 19.4 Å². The molecule has 0 fully saturated rings. The zero-order valence-corrected chi connectivity index (χ0v) is 10.3. The van der Waals surface area contributed by atoms with E-state index in [4.69, 9.17) is 9.47 Å². The van der Waals surface area contributed by atoms with Crippen molar-refractivity contribution in [2.45, 2.75) is 6.10 Å². The molecule has 0 aromatic heterocycles. The first-order chi connectivity index (χ1) is 8.67. The van der Waals surface area contributed by atoms with Gasteiger partial charge in [0.2, 0.25) is 0 Å². The molecule has 0 aliphatic rings. The minimum atomic E-state index is -0.785. The molecule has 1 amide bonds. The summed E-state index contributed by atoms with van der Waals surface area (Å²) in [5.74, 6) is 0.712. The second-order valence-electron chi connectivity index (χ2n) is 3.56. The highest BCUT2D eigenvalue weighted by Gasteiger charge is 2.09. The van der Waals surface area contributed by atoms with Gasteiger partial charge in [0.05, 0.1) is 19.8 Å². The van der Waals surface area contributed by atoms with Crippen LogP contribution in [-0.2, 0) is 4.74 Å². The molecule has 98 valence electrons. The molecule has 0 spiro atoms. The zero-order valence-electron chi connectivity index (χ0n) is 10.3. The van der Waals surface area contributed by atoms with Crippen molar-refractivity contribution in [3.05, 3.63) is 42.5 Å². The van der Waals surface area contributed by atoms with Gasteiger partial charge in [0.25, 0.3) is 0 Å². The molecular weight excluding hydrogens is 234 g/mol. The second-order valence-corrected chi connectivity index (χ2v) is 3.56. The number of carbonyl (C=O) groups is 1. The number of hydrogen-bond acceptors (Lipinski definition) is 4. The number of alkyl carbamates (subject to hydrolysis) is 1. The highest BCUT2D eigenvalue weighted by molar-refractivity contribution is 5.67. The van der Waals surface area contributed by atoms with Crippen molar-refractivity contribution in [3.8, 4) is 5.75 Å². The maximum Gasteiger partial charge on any atom is 0.407 e. The monoisotopic (exact) mass is 251 g/mol. The largest absolute Gasteiger partial charge is 0.497 e. The Labute approximate surface area is 106 Å². The fraction of sp³-hybridized carbons (Fsp3) is 0.308. The topological polar surface area (TPSA) is 67.8 Å². The summed E-state index contributed by atoms with van der Waals surface area (Å²) in [7, 11) is 1.57. The normalized spacial score (nSPS) is 11.4. The molecule has 0 saturated carbocycles. The van der Waals surface area contributed by atoms with Crippen LogP contribution < -0.4 is 10.1 Å². The molecular formula is C13H17NO4. The van der Waals surface area contributed by atoms with Crippen molar-refractivity contribution in [1.29, 1.82) is 0 Å². The fourth-order valence-electron chi connectivity index (χ4n) is 1.31. The maximum atomic E-state index is 11.1. The van der Waals surface area contributed by atoms with E-state index < -0.39 is 12.2 Å². The third kappa shape index (κ3) is 4.47. The Hall–Kier alpha value is -2.01. The Kier molecular flexibility index (Phi) is 5.73. The van der Waals surface area contributed by atoms with Gasteiger partial charge in [-0.2, -0.15) is 0 Å². The van der Waals surface area contributed by atoms with E-state index in [0.717, 1.165) is 0 Å². The predicted octanol–water partition coefficient (Wildman–Crippen LogP) is 1.64. The minimum Gasteiger partial charge on any atom is -0.497 e. The number of hydrogen-bond donors (Lipinski definition) is 2. The van der Waals surface area contributed by atoms with Crippen LogP contribution in [0.4, 0.5) is 4.79 Å². The number of rotatable bonds is 6. The molecule has 5 heteroatoms. The summed E-state index contributed by atoms with van der Waals surface area (Å²) >= 11 is 0. The Morgan fingerprint density at radius 3 is 2.72 bits per heavy atom. The van der Waals surface area contributed by atoms with E-state index in [-0.39, 0.29) is 13.2 Å². The van der Waals surface area contributed by atoms with Gasteiger partial charge in [-0.15, -0.1) is 0 Å². The summed E-state index contributed by atoms with van der Waals surface area (Å²) in [6.45, 7) is 3.65. The summed E-state index contributed by atoms with van der Waals surface area (Å²) in [6, 6.07) is 6.96. The van der Waals surface area contributed by atoms with E-state index in [0.29, 0.717) is 11.3 Å². The summed E-state index contributed by atoms with van der Waals surface area (Å²) in [5.41, 5.74) is 0.694. The number of benzene rings is 1. The first kappa shape index (κ1) is 14.1. The van der Waals surface area contributed by atoms with Gasteiger partial charge in [-0.25, -0.2) is 4.79 Å². The van der Waals surface area contributed by atoms with Crippen LogP contribution in [0.3, 0.4) is 0 Å². The number of nitrogens with one attached hydrogen (secondary N) is 1. The van der Waals surface area contributed by atoms with Gasteiger partial charge in [0.1, 0.15) is 12.4 Å². The van der Waals surface area contributed by atoms with Crippen LogP contribution >= 0.6 is 0 Å². The molecule has 0 aliphatic heterocycles. The van der Waals surface area contributed by atoms with E-state index in [9.17, 15) is 9.90 Å². The van der Waals surface area contributed by atoms with Crippen LogP contribution in [0.15, 0.2) is 36.9 Å². The van der Waals surface area contributed by atoms with Crippen molar-refractivity contribution in [2.75, 3.05) is 20.3 Å². The molecule has 0 radical (unpaired) electrons. The lowest BCUT2D eigenvalue weighted by molar-refractivity contribution is 0.139. The van der Waals surface area contributed by atoms with Crippen LogP contribution in [0.2, 0.25) is 0 Å². The molecule has 0 saturated heterocycles. The third-order valence-corrected chi connectivity index (χ3v) is 2.27. The standard InChI is InChI=1S/C13H17NO4/c1-3-8-18-13(16)14-9-12(15)10-4-6-11(17-2)7-5-10/h3-7,12,15H,1,8-9H2,2H3,(H,14,16). The lowest BCUT2D eigenvalue weighted by Gasteiger charge is -2.12. The number of ether oxygens (including phenoxy) is 2. The molecule has 5 nitrogen and oxygen atoms in total. The lowest BCUT2D eigenvalue weighted by atomic mass is 10.1. The number of aliphatic hydroxyl groups excluding tert-OH is 1. The summed E-state index contributed by atoms with van der Waals surface area (Å²) in [6.07, 6.45) is 0.106. The highest BCUT2D eigenvalue weighted by Crippen LogP contribution is 2.16. The summed E-state index contributed by atoms with van der Waals surface area (Å²) in [4.78, 5) is 11.1. The van der Waals surface area contributed by atoms with E-state index in [1.807, 2.05) is 0 Å². The van der Waals surface area contributed by atoms with Gasteiger partial charge >= 0.3 is 6.09 Å². The van der Waals surface area contributed by atoms with E-state index in [2.05, 4.69) is 11.9 Å². The van der Waals surface area contributed by atoms with E-state index in [1.54, 1.807) is 31.4 Å². The first-order valence-electron chi connectivity index (χ1n) is 5.51. The summed E-state index contributed by atoms with van der Waals surface area (Å²) in [5, 5.41) is 12.3. The Bertz CT molecular complexity index is 388. The SMILES string of the molecule is C=CCOC(=O)NCC(O)c1ccc(OC)cc1. The molecule has 2 N–H and O–H groups in total. The molecule has 1 atom stereocenters. The molecule has 1 unspecified atom stereocenters. The van der Waals surface area contributed by atoms with Crippen LogP contribution in [0.1, 0.15) is 11.7 Å². The molecule has 1 rings (SSSR count). The second kappa shape index (κ2) is 7.34. The van der Waals surface area contributed by atoms with Gasteiger partial charge in [-0.1, -0.05) is 24.8 Å². The van der Waals surface area contributed by atoms with Crippen molar-refractivity contribution in [2.24, 2.45) is 0 Å². The summed E-state index contributed by atoms with van der Waals surface area (Å²) < 4.78 is 9.73. The smallest absolute Gasteiger partial charge is 0.407 e. The fourth-order valence-corrected chi connectivity index (χ4v) is 1.31. The average Bonchev–Trinajstić information content (AvgIpc) is 2.42. The lowest BCUT2D eigenvalue weighted by Crippen LogP contribution is -2.29. The quantitative estimate of drug-likeness (QED) is 0.754. The zero-order chi connectivity index (χ0) is 13.4. The van der Waals surface area contributed by atoms with Crippen LogP contribution in [0.25, 0.3) is 0 Å². The van der Waals surface area contributed by atoms with Crippen LogP contribution in [-0.4, -0.2) is 31.5 Å². The molecule has 18 heavy (non-hydrogen) atoms. The molecule has 0 heterocycles. The van der Waals surface area contributed by atoms with E-state index in [1.165, 1.54) is 6.08 Å². The Balaban J connectivity index is 2.41. The van der Waals surface area contributed by atoms with Gasteiger partial charge in [-0.3, -0.25) is 0 Å². The van der Waals surface area contributed by atoms with Gasteiger partial charge in [0.15, 0.2) is 0 Å². The van der Waals surface area contributed by atoms with Crippen molar-refractivity contribution in [1.82, 2.24) is 5.32 Å². The Morgan fingerprint density at radius 1 is 1.50 bits per heavy atom. The van der Waals surface area contributed by atoms with Gasteiger partial charge in [0, 0.05) is 0 Å². The third-order valence-electron chi connectivity index (χ3n) is 2.27. The predicted molar refractivity (Wildman–Crippen MR) is 67.5 cm³/mol. The minimum absolute atomic E-state index is 0.0856.